The summed E-state index contributed by atoms with van der Waals surface area (Å²) >= 11 is 5.29. The van der Waals surface area contributed by atoms with Crippen LogP contribution in [0.1, 0.15) is 30.6 Å². The molecule has 2 heterocycles. The lowest BCUT2D eigenvalue weighted by Gasteiger charge is -2.38. The summed E-state index contributed by atoms with van der Waals surface area (Å²) in [6.45, 7) is 4.48. The highest BCUT2D eigenvalue weighted by atomic mass is 79.9. The molecular weight excluding hydrogens is 350 g/mol. The third-order valence-corrected chi connectivity index (χ3v) is 6.20. The molecule has 0 spiro atoms. The molecule has 1 saturated carbocycles. The average molecular weight is 372 g/mol. The fourth-order valence-corrected chi connectivity index (χ4v) is 4.83. The maximum atomic E-state index is 12.6. The second kappa shape index (κ2) is 6.36. The molecule has 1 aromatic heterocycles. The number of amides is 1. The molecule has 116 valence electrons. The van der Waals surface area contributed by atoms with Gasteiger partial charge in [-0.05, 0) is 40.9 Å². The highest BCUT2D eigenvalue weighted by Crippen LogP contribution is 2.29. The first-order valence-electron chi connectivity index (χ1n) is 7.62. The highest BCUT2D eigenvalue weighted by molar-refractivity contribution is 9.11. The smallest absolute Gasteiger partial charge is 0.242 e. The second-order valence-electron chi connectivity index (χ2n) is 6.14. The van der Waals surface area contributed by atoms with Gasteiger partial charge < -0.3 is 10.6 Å². The fourth-order valence-electron chi connectivity index (χ4n) is 3.30. The largest absolute Gasteiger partial charge is 0.339 e. The van der Waals surface area contributed by atoms with Gasteiger partial charge in [0.15, 0.2) is 0 Å². The van der Waals surface area contributed by atoms with E-state index in [1.807, 2.05) is 4.90 Å². The lowest BCUT2D eigenvalue weighted by Crippen LogP contribution is -2.58. The maximum absolute atomic E-state index is 12.6. The third-order valence-electron chi connectivity index (χ3n) is 4.59. The number of halogens is 1. The predicted molar refractivity (Wildman–Crippen MR) is 89.3 cm³/mol. The number of nitrogens with zero attached hydrogens (tertiary/aromatic N) is 2. The van der Waals surface area contributed by atoms with Crippen LogP contribution >= 0.6 is 27.3 Å². The minimum Gasteiger partial charge on any atom is -0.339 e. The molecule has 6 heteroatoms. The van der Waals surface area contributed by atoms with E-state index in [1.165, 1.54) is 8.66 Å². The van der Waals surface area contributed by atoms with Gasteiger partial charge in [-0.1, -0.05) is 12.8 Å². The number of nitrogens with two attached hydrogens (primary N) is 1. The van der Waals surface area contributed by atoms with Gasteiger partial charge >= 0.3 is 0 Å². The van der Waals surface area contributed by atoms with Crippen LogP contribution in [0.5, 0.6) is 0 Å². The topological polar surface area (TPSA) is 49.6 Å². The van der Waals surface area contributed by atoms with Gasteiger partial charge in [-0.3, -0.25) is 9.69 Å². The molecule has 1 amide bonds. The molecule has 21 heavy (non-hydrogen) atoms. The van der Waals surface area contributed by atoms with E-state index in [0.29, 0.717) is 0 Å². The van der Waals surface area contributed by atoms with Crippen LogP contribution in [0.25, 0.3) is 0 Å². The Balaban J connectivity index is 1.52. The summed E-state index contributed by atoms with van der Waals surface area (Å²) < 4.78 is 1.18. The van der Waals surface area contributed by atoms with Gasteiger partial charge in [-0.25, -0.2) is 0 Å². The van der Waals surface area contributed by atoms with Crippen molar-refractivity contribution in [2.75, 3.05) is 26.2 Å². The van der Waals surface area contributed by atoms with Gasteiger partial charge in [0, 0.05) is 37.6 Å². The molecule has 2 N–H and O–H groups in total. The van der Waals surface area contributed by atoms with Crippen molar-refractivity contribution >= 4 is 33.2 Å². The van der Waals surface area contributed by atoms with Crippen LogP contribution in [-0.4, -0.2) is 47.4 Å². The van der Waals surface area contributed by atoms with E-state index in [0.717, 1.165) is 58.4 Å². The summed E-state index contributed by atoms with van der Waals surface area (Å²) in [5, 5.41) is 0. The number of carbonyl (C=O) groups excluding carboxylic acids is 1. The minimum atomic E-state index is -0.569. The number of rotatable bonds is 3. The van der Waals surface area contributed by atoms with Gasteiger partial charge in [-0.2, -0.15) is 0 Å². The molecule has 0 bridgehead atoms. The molecule has 0 radical (unpaired) electrons. The van der Waals surface area contributed by atoms with Crippen molar-refractivity contribution in [1.82, 2.24) is 9.80 Å². The minimum absolute atomic E-state index is 0.179. The molecule has 1 aliphatic heterocycles. The van der Waals surface area contributed by atoms with Crippen molar-refractivity contribution in [3.8, 4) is 0 Å². The van der Waals surface area contributed by atoms with Crippen LogP contribution in [-0.2, 0) is 11.3 Å². The molecule has 0 aromatic carbocycles. The van der Waals surface area contributed by atoms with Crippen molar-refractivity contribution in [2.45, 2.75) is 37.8 Å². The Morgan fingerprint density at radius 1 is 1.24 bits per heavy atom. The Bertz CT molecular complexity index is 505. The van der Waals surface area contributed by atoms with E-state index in [4.69, 9.17) is 5.73 Å². The Morgan fingerprint density at radius 3 is 2.48 bits per heavy atom. The molecule has 2 aliphatic rings. The number of hydrogen-bond donors (Lipinski definition) is 1. The predicted octanol–water partition coefficient (Wildman–Crippen LogP) is 2.43. The lowest BCUT2D eigenvalue weighted by molar-refractivity contribution is -0.138. The van der Waals surface area contributed by atoms with E-state index in [1.54, 1.807) is 11.3 Å². The summed E-state index contributed by atoms with van der Waals surface area (Å²) in [7, 11) is 0. The van der Waals surface area contributed by atoms with Crippen LogP contribution in [0.2, 0.25) is 0 Å². The normalized spacial score (nSPS) is 22.7. The highest BCUT2D eigenvalue weighted by Gasteiger charge is 2.40. The monoisotopic (exact) mass is 371 g/mol. The van der Waals surface area contributed by atoms with Crippen molar-refractivity contribution in [3.63, 3.8) is 0 Å². The van der Waals surface area contributed by atoms with Gasteiger partial charge in [0.05, 0.1) is 9.33 Å². The van der Waals surface area contributed by atoms with E-state index in [2.05, 4.69) is 33.0 Å². The number of thiophene rings is 1. The molecule has 1 saturated heterocycles. The molecule has 3 rings (SSSR count). The van der Waals surface area contributed by atoms with Gasteiger partial charge in [0.2, 0.25) is 5.91 Å². The standard InChI is InChI=1S/C15H22BrN3OS/c16-13-4-3-12(21-13)11-18-7-9-19(10-8-18)14(20)15(17)5-1-2-6-15/h3-4H,1-2,5-11,17H2. The fraction of sp³-hybridized carbons (Fsp3) is 0.667. The van der Waals surface area contributed by atoms with Crippen molar-refractivity contribution in [3.05, 3.63) is 20.8 Å². The zero-order valence-corrected chi connectivity index (χ0v) is 14.6. The van der Waals surface area contributed by atoms with Crippen LogP contribution in [0.15, 0.2) is 15.9 Å². The van der Waals surface area contributed by atoms with Gasteiger partial charge in [0.1, 0.15) is 0 Å². The average Bonchev–Trinajstić information content (AvgIpc) is 3.09. The molecule has 1 aromatic rings. The van der Waals surface area contributed by atoms with Gasteiger partial charge in [0.25, 0.3) is 0 Å². The lowest BCUT2D eigenvalue weighted by atomic mass is 9.97. The summed E-state index contributed by atoms with van der Waals surface area (Å²) in [4.78, 5) is 18.3. The second-order valence-corrected chi connectivity index (χ2v) is 8.68. The summed E-state index contributed by atoms with van der Waals surface area (Å²) in [6, 6.07) is 4.26. The quantitative estimate of drug-likeness (QED) is 0.887. The van der Waals surface area contributed by atoms with E-state index < -0.39 is 5.54 Å². The molecule has 1 aliphatic carbocycles. The molecule has 4 nitrogen and oxygen atoms in total. The molecule has 0 atom stereocenters. The van der Waals surface area contributed by atoms with Crippen LogP contribution in [0.3, 0.4) is 0 Å². The first kappa shape index (κ1) is 15.5. The Kier molecular flexibility index (Phi) is 4.69. The maximum Gasteiger partial charge on any atom is 0.242 e. The van der Waals surface area contributed by atoms with Crippen LogP contribution in [0, 0.1) is 0 Å². The molecule has 0 unspecified atom stereocenters. The summed E-state index contributed by atoms with van der Waals surface area (Å²) in [6.07, 6.45) is 3.90. The number of carbonyl (C=O) groups is 1. The van der Waals surface area contributed by atoms with E-state index in [-0.39, 0.29) is 5.91 Å². The Hall–Kier alpha value is -0.430. The number of piperazine rings is 1. The van der Waals surface area contributed by atoms with Crippen molar-refractivity contribution in [2.24, 2.45) is 5.73 Å². The van der Waals surface area contributed by atoms with Gasteiger partial charge in [-0.15, -0.1) is 11.3 Å². The van der Waals surface area contributed by atoms with E-state index in [9.17, 15) is 4.79 Å². The first-order valence-corrected chi connectivity index (χ1v) is 9.23. The van der Waals surface area contributed by atoms with Crippen molar-refractivity contribution < 1.29 is 4.79 Å². The third kappa shape index (κ3) is 3.50. The van der Waals surface area contributed by atoms with Crippen LogP contribution in [0.4, 0.5) is 0 Å². The zero-order chi connectivity index (χ0) is 14.9. The SMILES string of the molecule is NC1(C(=O)N2CCN(Cc3ccc(Br)s3)CC2)CCCC1. The Labute approximate surface area is 138 Å². The first-order chi connectivity index (χ1) is 10.1. The molecule has 2 fully saturated rings. The molecular formula is C15H22BrN3OS. The summed E-state index contributed by atoms with van der Waals surface area (Å²) in [5.74, 6) is 0.179. The van der Waals surface area contributed by atoms with Crippen molar-refractivity contribution in [1.29, 1.82) is 0 Å². The van der Waals surface area contributed by atoms with Crippen LogP contribution < -0.4 is 5.73 Å². The zero-order valence-electron chi connectivity index (χ0n) is 12.2. The number of hydrogen-bond acceptors (Lipinski definition) is 4. The Morgan fingerprint density at radius 2 is 1.90 bits per heavy atom. The summed E-state index contributed by atoms with van der Waals surface area (Å²) in [5.41, 5.74) is 5.72. The van der Waals surface area contributed by atoms with E-state index >= 15 is 0 Å².